The number of rotatable bonds is 8. The molecule has 0 unspecified atom stereocenters. The predicted molar refractivity (Wildman–Crippen MR) is 66.0 cm³/mol. The highest BCUT2D eigenvalue weighted by atomic mass is 14.9. The van der Waals surface area contributed by atoms with Gasteiger partial charge in [0.1, 0.15) is 0 Å². The summed E-state index contributed by atoms with van der Waals surface area (Å²) in [6.45, 7) is 7.65. The Morgan fingerprint density at radius 2 is 2.07 bits per heavy atom. The van der Waals surface area contributed by atoms with Crippen LogP contribution in [0.2, 0.25) is 0 Å². The summed E-state index contributed by atoms with van der Waals surface area (Å²) in [5.41, 5.74) is 1.40. The van der Waals surface area contributed by atoms with Crippen molar-refractivity contribution in [3.63, 3.8) is 0 Å². The maximum absolute atomic E-state index is 3.48. The van der Waals surface area contributed by atoms with Crippen molar-refractivity contribution in [1.82, 2.24) is 9.88 Å². The molecule has 0 amide bonds. The highest BCUT2D eigenvalue weighted by Gasteiger charge is 1.94. The van der Waals surface area contributed by atoms with E-state index in [1.165, 1.54) is 31.2 Å². The Morgan fingerprint density at radius 3 is 2.73 bits per heavy atom. The van der Waals surface area contributed by atoms with Crippen molar-refractivity contribution in [2.45, 2.75) is 52.6 Å². The zero-order valence-electron chi connectivity index (χ0n) is 10.1. The highest BCUT2D eigenvalue weighted by Crippen LogP contribution is 2.01. The van der Waals surface area contributed by atoms with Crippen LogP contribution in [0.25, 0.3) is 0 Å². The Morgan fingerprint density at radius 1 is 1.20 bits per heavy atom. The standard InChI is InChI=1S/C13H24N2/c1-3-5-6-7-9-14-11-13-8-10-15(4-2)12-13/h8,10,12,14H,3-7,9,11H2,1-2H3. The minimum Gasteiger partial charge on any atom is -0.354 e. The Balaban J connectivity index is 2.04. The molecule has 1 aromatic rings. The third-order valence-electron chi connectivity index (χ3n) is 2.71. The first-order valence-corrected chi connectivity index (χ1v) is 6.22. The number of aryl methyl sites for hydroxylation is 1. The molecule has 1 heterocycles. The second kappa shape index (κ2) is 7.52. The van der Waals surface area contributed by atoms with E-state index in [-0.39, 0.29) is 0 Å². The van der Waals surface area contributed by atoms with Crippen molar-refractivity contribution >= 4 is 0 Å². The van der Waals surface area contributed by atoms with Crippen molar-refractivity contribution in [1.29, 1.82) is 0 Å². The van der Waals surface area contributed by atoms with Crippen molar-refractivity contribution in [3.05, 3.63) is 24.0 Å². The summed E-state index contributed by atoms with van der Waals surface area (Å²) >= 11 is 0. The van der Waals surface area contributed by atoms with E-state index in [4.69, 9.17) is 0 Å². The first-order chi connectivity index (χ1) is 7.36. The third kappa shape index (κ3) is 5.03. The molecular formula is C13H24N2. The summed E-state index contributed by atoms with van der Waals surface area (Å²) in [6.07, 6.45) is 9.72. The van der Waals surface area contributed by atoms with E-state index >= 15 is 0 Å². The molecule has 0 aromatic carbocycles. The number of aromatic nitrogens is 1. The number of hydrogen-bond acceptors (Lipinski definition) is 1. The van der Waals surface area contributed by atoms with Gasteiger partial charge in [-0.1, -0.05) is 26.2 Å². The van der Waals surface area contributed by atoms with Gasteiger partial charge in [-0.2, -0.15) is 0 Å². The van der Waals surface area contributed by atoms with Crippen molar-refractivity contribution in [2.75, 3.05) is 6.54 Å². The van der Waals surface area contributed by atoms with Gasteiger partial charge in [0.15, 0.2) is 0 Å². The van der Waals surface area contributed by atoms with Gasteiger partial charge in [0.25, 0.3) is 0 Å². The fraction of sp³-hybridized carbons (Fsp3) is 0.692. The minimum atomic E-state index is 1.01. The first-order valence-electron chi connectivity index (χ1n) is 6.22. The second-order valence-electron chi connectivity index (χ2n) is 4.09. The Labute approximate surface area is 93.7 Å². The van der Waals surface area contributed by atoms with Crippen LogP contribution in [0.1, 0.15) is 45.1 Å². The lowest BCUT2D eigenvalue weighted by Gasteiger charge is -2.02. The van der Waals surface area contributed by atoms with Crippen LogP contribution in [0.5, 0.6) is 0 Å². The molecule has 0 aliphatic rings. The summed E-state index contributed by atoms with van der Waals surface area (Å²) in [5.74, 6) is 0. The van der Waals surface area contributed by atoms with Crippen LogP contribution in [0.4, 0.5) is 0 Å². The molecule has 15 heavy (non-hydrogen) atoms. The molecule has 1 N–H and O–H groups in total. The number of nitrogens with one attached hydrogen (secondary N) is 1. The molecule has 1 aromatic heterocycles. The van der Waals surface area contributed by atoms with Gasteiger partial charge >= 0.3 is 0 Å². The zero-order chi connectivity index (χ0) is 10.9. The monoisotopic (exact) mass is 208 g/mol. The molecule has 0 fully saturated rings. The molecule has 0 bridgehead atoms. The van der Waals surface area contributed by atoms with E-state index in [1.54, 1.807) is 0 Å². The molecule has 0 radical (unpaired) electrons. The molecule has 1 rings (SSSR count). The van der Waals surface area contributed by atoms with Gasteiger partial charge in [0.2, 0.25) is 0 Å². The number of nitrogens with zero attached hydrogens (tertiary/aromatic N) is 1. The van der Waals surface area contributed by atoms with Gasteiger partial charge in [0.05, 0.1) is 0 Å². The fourth-order valence-corrected chi connectivity index (χ4v) is 1.70. The predicted octanol–water partition coefficient (Wildman–Crippen LogP) is 3.18. The van der Waals surface area contributed by atoms with Crippen LogP contribution in [-0.4, -0.2) is 11.1 Å². The summed E-state index contributed by atoms with van der Waals surface area (Å²) in [6, 6.07) is 2.20. The molecular weight excluding hydrogens is 184 g/mol. The topological polar surface area (TPSA) is 17.0 Å². The fourth-order valence-electron chi connectivity index (χ4n) is 1.70. The largest absolute Gasteiger partial charge is 0.354 e. The zero-order valence-corrected chi connectivity index (χ0v) is 10.1. The van der Waals surface area contributed by atoms with Crippen LogP contribution in [-0.2, 0) is 13.1 Å². The molecule has 0 saturated heterocycles. The van der Waals surface area contributed by atoms with Crippen LogP contribution < -0.4 is 5.32 Å². The lowest BCUT2D eigenvalue weighted by Crippen LogP contribution is -2.14. The second-order valence-corrected chi connectivity index (χ2v) is 4.09. The smallest absolute Gasteiger partial charge is 0.0220 e. The number of hydrogen-bond donors (Lipinski definition) is 1. The quantitative estimate of drug-likeness (QED) is 0.649. The normalized spacial score (nSPS) is 10.8. The van der Waals surface area contributed by atoms with Gasteiger partial charge in [-0.05, 0) is 31.5 Å². The SMILES string of the molecule is CCCCCCNCc1ccn(CC)c1. The number of unbranched alkanes of at least 4 members (excludes halogenated alkanes) is 3. The summed E-state index contributed by atoms with van der Waals surface area (Å²) in [5, 5.41) is 3.48. The maximum atomic E-state index is 3.48. The van der Waals surface area contributed by atoms with Gasteiger partial charge in [-0.3, -0.25) is 0 Å². The molecule has 86 valence electrons. The summed E-state index contributed by atoms with van der Waals surface area (Å²) in [4.78, 5) is 0. The molecule has 2 nitrogen and oxygen atoms in total. The maximum Gasteiger partial charge on any atom is 0.0220 e. The summed E-state index contributed by atoms with van der Waals surface area (Å²) in [7, 11) is 0. The van der Waals surface area contributed by atoms with Gasteiger partial charge < -0.3 is 9.88 Å². The molecule has 0 aliphatic heterocycles. The van der Waals surface area contributed by atoms with Crippen molar-refractivity contribution in [2.24, 2.45) is 0 Å². The van der Waals surface area contributed by atoms with Gasteiger partial charge in [0, 0.05) is 25.5 Å². The van der Waals surface area contributed by atoms with Crippen LogP contribution in [0, 0.1) is 0 Å². The third-order valence-corrected chi connectivity index (χ3v) is 2.71. The van der Waals surface area contributed by atoms with E-state index in [0.717, 1.165) is 19.6 Å². The first kappa shape index (κ1) is 12.3. The van der Waals surface area contributed by atoms with Gasteiger partial charge in [-0.25, -0.2) is 0 Å². The van der Waals surface area contributed by atoms with Crippen molar-refractivity contribution in [3.8, 4) is 0 Å². The van der Waals surface area contributed by atoms with E-state index in [9.17, 15) is 0 Å². The van der Waals surface area contributed by atoms with Crippen molar-refractivity contribution < 1.29 is 0 Å². The lowest BCUT2D eigenvalue weighted by molar-refractivity contribution is 0.597. The van der Waals surface area contributed by atoms with Crippen LogP contribution in [0.3, 0.4) is 0 Å². The minimum absolute atomic E-state index is 1.01. The van der Waals surface area contributed by atoms with E-state index in [1.807, 2.05) is 0 Å². The van der Waals surface area contributed by atoms with Crippen LogP contribution >= 0.6 is 0 Å². The molecule has 0 saturated carbocycles. The summed E-state index contributed by atoms with van der Waals surface area (Å²) < 4.78 is 2.22. The Hall–Kier alpha value is -0.760. The van der Waals surface area contributed by atoms with E-state index in [2.05, 4.69) is 42.2 Å². The average Bonchev–Trinajstić information content (AvgIpc) is 2.71. The van der Waals surface area contributed by atoms with Gasteiger partial charge in [-0.15, -0.1) is 0 Å². The average molecular weight is 208 g/mol. The highest BCUT2D eigenvalue weighted by molar-refractivity contribution is 5.09. The van der Waals surface area contributed by atoms with E-state index < -0.39 is 0 Å². The van der Waals surface area contributed by atoms with E-state index in [0.29, 0.717) is 0 Å². The van der Waals surface area contributed by atoms with Crippen LogP contribution in [0.15, 0.2) is 18.5 Å². The Bertz CT molecular complexity index is 253. The molecule has 2 heteroatoms. The lowest BCUT2D eigenvalue weighted by atomic mass is 10.2. The Kier molecular flexibility index (Phi) is 6.17. The molecule has 0 spiro atoms. The molecule has 0 aliphatic carbocycles. The molecule has 0 atom stereocenters.